The van der Waals surface area contributed by atoms with Crippen LogP contribution in [0.1, 0.15) is 48.3 Å². The van der Waals surface area contributed by atoms with Gasteiger partial charge in [-0.1, -0.05) is 0 Å². The predicted octanol–water partition coefficient (Wildman–Crippen LogP) is 2.33. The topological polar surface area (TPSA) is 74.8 Å². The maximum absolute atomic E-state index is 12.8. The number of carbonyl (C=O) groups is 1. The van der Waals surface area contributed by atoms with Gasteiger partial charge in [-0.3, -0.25) is 9.89 Å². The van der Waals surface area contributed by atoms with E-state index in [4.69, 9.17) is 0 Å². The summed E-state index contributed by atoms with van der Waals surface area (Å²) in [5.41, 5.74) is 2.91. The normalized spacial score (nSPS) is 23.8. The number of amides is 1. The molecule has 2 bridgehead atoms. The molecule has 2 aliphatic heterocycles. The molecule has 0 aliphatic carbocycles. The number of H-pyrrole nitrogens is 1. The Morgan fingerprint density at radius 2 is 1.95 bits per heavy atom. The molecule has 2 fully saturated rings. The lowest BCUT2D eigenvalue weighted by Crippen LogP contribution is -2.44. The van der Waals surface area contributed by atoms with E-state index in [9.17, 15) is 4.79 Å². The first-order valence-electron chi connectivity index (χ1n) is 7.89. The first-order valence-corrected chi connectivity index (χ1v) is 7.89. The van der Waals surface area contributed by atoms with Crippen LogP contribution < -0.4 is 0 Å². The van der Waals surface area contributed by atoms with Gasteiger partial charge in [0.05, 0.1) is 11.4 Å². The summed E-state index contributed by atoms with van der Waals surface area (Å²) in [4.78, 5) is 23.2. The summed E-state index contributed by atoms with van der Waals surface area (Å²) < 4.78 is 0. The standard InChI is InChI=1S/C16H19N5O/c1-10-7-13(18-9-17-10)14-8-15(20-19-14)16(22)21-11-3-2-4-12(21)6-5-11/h7-9,11-12H,2-6H2,1H3,(H,19,20)/t11-,12+. The van der Waals surface area contributed by atoms with Crippen LogP contribution in [0, 0.1) is 6.92 Å². The van der Waals surface area contributed by atoms with E-state index in [1.54, 1.807) is 6.07 Å². The van der Waals surface area contributed by atoms with E-state index in [1.807, 2.05) is 13.0 Å². The highest BCUT2D eigenvalue weighted by atomic mass is 16.2. The van der Waals surface area contributed by atoms with Gasteiger partial charge in [0.1, 0.15) is 6.33 Å². The van der Waals surface area contributed by atoms with E-state index >= 15 is 0 Å². The molecule has 22 heavy (non-hydrogen) atoms. The number of nitrogens with zero attached hydrogens (tertiary/aromatic N) is 4. The Labute approximate surface area is 129 Å². The minimum absolute atomic E-state index is 0.0560. The highest BCUT2D eigenvalue weighted by Gasteiger charge is 2.40. The van der Waals surface area contributed by atoms with E-state index in [2.05, 4.69) is 25.1 Å². The van der Waals surface area contributed by atoms with Crippen LogP contribution in [-0.4, -0.2) is 43.1 Å². The smallest absolute Gasteiger partial charge is 0.274 e. The maximum Gasteiger partial charge on any atom is 0.274 e. The fourth-order valence-electron chi connectivity index (χ4n) is 3.75. The monoisotopic (exact) mass is 297 g/mol. The Morgan fingerprint density at radius 1 is 1.18 bits per heavy atom. The highest BCUT2D eigenvalue weighted by Crippen LogP contribution is 2.36. The van der Waals surface area contributed by atoms with Crippen LogP contribution in [0.2, 0.25) is 0 Å². The molecule has 2 atom stereocenters. The third-order valence-electron chi connectivity index (χ3n) is 4.81. The largest absolute Gasteiger partial charge is 0.331 e. The zero-order valence-electron chi connectivity index (χ0n) is 12.6. The number of nitrogens with one attached hydrogen (secondary N) is 1. The number of aromatic amines is 1. The summed E-state index contributed by atoms with van der Waals surface area (Å²) in [7, 11) is 0. The van der Waals surface area contributed by atoms with Crippen LogP contribution in [0.3, 0.4) is 0 Å². The first-order chi connectivity index (χ1) is 10.7. The van der Waals surface area contributed by atoms with Gasteiger partial charge in [0.2, 0.25) is 0 Å². The number of fused-ring (bicyclic) bond motifs is 2. The minimum Gasteiger partial charge on any atom is -0.331 e. The number of hydrogen-bond donors (Lipinski definition) is 1. The van der Waals surface area contributed by atoms with Crippen LogP contribution >= 0.6 is 0 Å². The molecule has 2 aliphatic rings. The van der Waals surface area contributed by atoms with Gasteiger partial charge in [0, 0.05) is 17.8 Å². The van der Waals surface area contributed by atoms with E-state index < -0.39 is 0 Å². The second-order valence-corrected chi connectivity index (χ2v) is 6.24. The molecule has 0 saturated carbocycles. The van der Waals surface area contributed by atoms with E-state index in [0.717, 1.165) is 42.8 Å². The maximum atomic E-state index is 12.8. The molecule has 4 heterocycles. The van der Waals surface area contributed by atoms with Crippen molar-refractivity contribution in [2.75, 3.05) is 0 Å². The van der Waals surface area contributed by atoms with Gasteiger partial charge < -0.3 is 4.90 Å². The van der Waals surface area contributed by atoms with Crippen molar-refractivity contribution in [2.24, 2.45) is 0 Å². The summed E-state index contributed by atoms with van der Waals surface area (Å²) in [5.74, 6) is 0.0560. The molecule has 0 radical (unpaired) electrons. The zero-order chi connectivity index (χ0) is 15.1. The molecule has 1 N–H and O–H groups in total. The number of aromatic nitrogens is 4. The molecule has 1 amide bonds. The van der Waals surface area contributed by atoms with E-state index in [-0.39, 0.29) is 5.91 Å². The second-order valence-electron chi connectivity index (χ2n) is 6.24. The van der Waals surface area contributed by atoms with Crippen LogP contribution in [0.25, 0.3) is 11.4 Å². The molecule has 6 nitrogen and oxygen atoms in total. The molecule has 6 heteroatoms. The Balaban J connectivity index is 1.60. The molecule has 0 aromatic carbocycles. The Bertz CT molecular complexity index is 694. The lowest BCUT2D eigenvalue weighted by molar-refractivity contribution is 0.0589. The van der Waals surface area contributed by atoms with Gasteiger partial charge in [-0.25, -0.2) is 9.97 Å². The molecular weight excluding hydrogens is 278 g/mol. The number of hydrogen-bond acceptors (Lipinski definition) is 4. The average molecular weight is 297 g/mol. The zero-order valence-corrected chi connectivity index (χ0v) is 12.6. The summed E-state index contributed by atoms with van der Waals surface area (Å²) in [6.07, 6.45) is 7.30. The molecule has 2 aromatic heterocycles. The number of piperidine rings is 1. The molecule has 4 rings (SSSR count). The predicted molar refractivity (Wildman–Crippen MR) is 81.2 cm³/mol. The van der Waals surface area contributed by atoms with Crippen LogP contribution in [-0.2, 0) is 0 Å². The van der Waals surface area contributed by atoms with Gasteiger partial charge >= 0.3 is 0 Å². The third kappa shape index (κ3) is 2.19. The van der Waals surface area contributed by atoms with Gasteiger partial charge in [-0.2, -0.15) is 5.10 Å². The Morgan fingerprint density at radius 3 is 2.68 bits per heavy atom. The fourth-order valence-corrected chi connectivity index (χ4v) is 3.75. The van der Waals surface area contributed by atoms with Gasteiger partial charge in [0.25, 0.3) is 5.91 Å². The molecule has 2 aromatic rings. The van der Waals surface area contributed by atoms with E-state index in [0.29, 0.717) is 17.8 Å². The molecule has 0 spiro atoms. The van der Waals surface area contributed by atoms with Crippen molar-refractivity contribution in [1.29, 1.82) is 0 Å². The van der Waals surface area contributed by atoms with Crippen molar-refractivity contribution in [3.63, 3.8) is 0 Å². The van der Waals surface area contributed by atoms with Crippen molar-refractivity contribution >= 4 is 5.91 Å². The minimum atomic E-state index is 0.0560. The van der Waals surface area contributed by atoms with Crippen molar-refractivity contribution in [1.82, 2.24) is 25.1 Å². The van der Waals surface area contributed by atoms with Crippen LogP contribution in [0.5, 0.6) is 0 Å². The Kier molecular flexibility index (Phi) is 3.17. The number of aryl methyl sites for hydroxylation is 1. The second kappa shape index (κ2) is 5.19. The van der Waals surface area contributed by atoms with Gasteiger partial charge in [-0.05, 0) is 51.2 Å². The molecule has 0 unspecified atom stereocenters. The van der Waals surface area contributed by atoms with Crippen molar-refractivity contribution in [3.05, 3.63) is 29.8 Å². The summed E-state index contributed by atoms with van der Waals surface area (Å²) >= 11 is 0. The van der Waals surface area contributed by atoms with Crippen LogP contribution in [0.15, 0.2) is 18.5 Å². The quantitative estimate of drug-likeness (QED) is 0.923. The lowest BCUT2D eigenvalue weighted by atomic mass is 10.0. The van der Waals surface area contributed by atoms with Crippen molar-refractivity contribution in [3.8, 4) is 11.4 Å². The van der Waals surface area contributed by atoms with Gasteiger partial charge in [0.15, 0.2) is 5.69 Å². The van der Waals surface area contributed by atoms with E-state index in [1.165, 1.54) is 12.7 Å². The third-order valence-corrected chi connectivity index (χ3v) is 4.81. The molecular formula is C16H19N5O. The van der Waals surface area contributed by atoms with Crippen LogP contribution in [0.4, 0.5) is 0 Å². The summed E-state index contributed by atoms with van der Waals surface area (Å²) in [5, 5.41) is 7.15. The SMILES string of the molecule is Cc1cc(-c2cc(C(=O)N3[C@@H]4CCC[C@H]3CC4)n[nH]2)ncn1. The molecule has 2 saturated heterocycles. The average Bonchev–Trinajstić information content (AvgIpc) is 3.10. The fraction of sp³-hybridized carbons (Fsp3) is 0.500. The number of carbonyl (C=O) groups excluding carboxylic acids is 1. The first kappa shape index (κ1) is 13.4. The summed E-state index contributed by atoms with van der Waals surface area (Å²) in [6.45, 7) is 1.92. The summed E-state index contributed by atoms with van der Waals surface area (Å²) in [6, 6.07) is 4.50. The highest BCUT2D eigenvalue weighted by molar-refractivity contribution is 5.94. The molecule has 114 valence electrons. The van der Waals surface area contributed by atoms with Gasteiger partial charge in [-0.15, -0.1) is 0 Å². The van der Waals surface area contributed by atoms with Crippen molar-refractivity contribution in [2.45, 2.75) is 51.1 Å². The Hall–Kier alpha value is -2.24. The number of rotatable bonds is 2. The van der Waals surface area contributed by atoms with Crippen molar-refractivity contribution < 1.29 is 4.79 Å². The lowest BCUT2D eigenvalue weighted by Gasteiger charge is -2.34.